The van der Waals surface area contributed by atoms with E-state index >= 15 is 0 Å². The van der Waals surface area contributed by atoms with Crippen LogP contribution in [-0.4, -0.2) is 18.0 Å². The molecule has 1 aromatic rings. The second kappa shape index (κ2) is 4.61. The molecule has 1 aliphatic carbocycles. The standard InChI is InChI=1S/C14H19N3O/c15-10-2-3-12(8-10)16-11-4-5-13-9(7-11)1-6-14(18)17-13/h4-5,7,10,12,16H,1-3,6,8,15H2,(H,17,18). The van der Waals surface area contributed by atoms with Crippen molar-refractivity contribution >= 4 is 17.3 Å². The first kappa shape index (κ1) is 11.5. The molecule has 1 heterocycles. The van der Waals surface area contributed by atoms with Crippen LogP contribution in [0.15, 0.2) is 18.2 Å². The Balaban J connectivity index is 1.72. The number of hydrogen-bond donors (Lipinski definition) is 3. The summed E-state index contributed by atoms with van der Waals surface area (Å²) in [5, 5.41) is 6.44. The lowest BCUT2D eigenvalue weighted by molar-refractivity contribution is -0.116. The third-order valence-electron chi connectivity index (χ3n) is 3.84. The first-order valence-electron chi connectivity index (χ1n) is 6.65. The Morgan fingerprint density at radius 2 is 2.17 bits per heavy atom. The molecule has 3 rings (SSSR count). The molecule has 1 aromatic carbocycles. The number of nitrogens with two attached hydrogens (primary N) is 1. The van der Waals surface area contributed by atoms with Gasteiger partial charge < -0.3 is 16.4 Å². The van der Waals surface area contributed by atoms with Gasteiger partial charge >= 0.3 is 0 Å². The Hall–Kier alpha value is -1.55. The molecule has 0 radical (unpaired) electrons. The Kier molecular flexibility index (Phi) is 2.96. The molecule has 2 atom stereocenters. The largest absolute Gasteiger partial charge is 0.382 e. The molecule has 0 saturated heterocycles. The van der Waals surface area contributed by atoms with Crippen LogP contribution in [0.4, 0.5) is 11.4 Å². The van der Waals surface area contributed by atoms with Crippen LogP contribution in [0.1, 0.15) is 31.2 Å². The molecular formula is C14H19N3O. The third kappa shape index (κ3) is 2.34. The zero-order valence-corrected chi connectivity index (χ0v) is 10.4. The lowest BCUT2D eigenvalue weighted by Crippen LogP contribution is -2.22. The third-order valence-corrected chi connectivity index (χ3v) is 3.84. The molecule has 4 nitrogen and oxygen atoms in total. The lowest BCUT2D eigenvalue weighted by atomic mass is 10.0. The molecule has 0 aromatic heterocycles. The van der Waals surface area contributed by atoms with E-state index in [2.05, 4.69) is 16.7 Å². The van der Waals surface area contributed by atoms with Crippen molar-refractivity contribution in [2.75, 3.05) is 10.6 Å². The van der Waals surface area contributed by atoms with Crippen molar-refractivity contribution in [3.05, 3.63) is 23.8 Å². The predicted octanol–water partition coefficient (Wildman–Crippen LogP) is 1.86. The highest BCUT2D eigenvalue weighted by atomic mass is 16.1. The topological polar surface area (TPSA) is 67.1 Å². The summed E-state index contributed by atoms with van der Waals surface area (Å²) in [6, 6.07) is 7.02. The molecule has 2 aliphatic rings. The quantitative estimate of drug-likeness (QED) is 0.745. The number of hydrogen-bond acceptors (Lipinski definition) is 3. The number of aryl methyl sites for hydroxylation is 1. The smallest absolute Gasteiger partial charge is 0.224 e. The molecule has 18 heavy (non-hydrogen) atoms. The van der Waals surface area contributed by atoms with Crippen LogP contribution in [0.2, 0.25) is 0 Å². The molecule has 96 valence electrons. The van der Waals surface area contributed by atoms with E-state index in [4.69, 9.17) is 5.73 Å². The van der Waals surface area contributed by atoms with Gasteiger partial charge in [-0.1, -0.05) is 0 Å². The van der Waals surface area contributed by atoms with Gasteiger partial charge in [0, 0.05) is 29.9 Å². The van der Waals surface area contributed by atoms with Gasteiger partial charge in [-0.25, -0.2) is 0 Å². The summed E-state index contributed by atoms with van der Waals surface area (Å²) in [5.41, 5.74) is 9.24. The van der Waals surface area contributed by atoms with Gasteiger partial charge in [0.2, 0.25) is 5.91 Å². The van der Waals surface area contributed by atoms with Gasteiger partial charge in [0.1, 0.15) is 0 Å². The fraction of sp³-hybridized carbons (Fsp3) is 0.500. The number of rotatable bonds is 2. The fourth-order valence-corrected chi connectivity index (χ4v) is 2.86. The van der Waals surface area contributed by atoms with Gasteiger partial charge in [-0.05, 0) is 49.4 Å². The first-order valence-corrected chi connectivity index (χ1v) is 6.65. The normalized spacial score (nSPS) is 26.6. The van der Waals surface area contributed by atoms with Gasteiger partial charge in [0.05, 0.1) is 0 Å². The maximum Gasteiger partial charge on any atom is 0.224 e. The van der Waals surface area contributed by atoms with E-state index in [9.17, 15) is 4.79 Å². The Bertz CT molecular complexity index is 472. The zero-order valence-electron chi connectivity index (χ0n) is 10.4. The second-order valence-electron chi connectivity index (χ2n) is 5.33. The van der Waals surface area contributed by atoms with Crippen LogP contribution >= 0.6 is 0 Å². The van der Waals surface area contributed by atoms with Gasteiger partial charge in [-0.15, -0.1) is 0 Å². The van der Waals surface area contributed by atoms with E-state index < -0.39 is 0 Å². The van der Waals surface area contributed by atoms with Crippen molar-refractivity contribution < 1.29 is 4.79 Å². The van der Waals surface area contributed by atoms with Gasteiger partial charge in [-0.2, -0.15) is 0 Å². The Morgan fingerprint density at radius 1 is 1.28 bits per heavy atom. The number of anilines is 2. The number of nitrogens with one attached hydrogen (secondary N) is 2. The maximum absolute atomic E-state index is 11.3. The van der Waals surface area contributed by atoms with Crippen LogP contribution in [0.25, 0.3) is 0 Å². The molecule has 1 aliphatic heterocycles. The highest BCUT2D eigenvalue weighted by molar-refractivity contribution is 5.94. The Morgan fingerprint density at radius 3 is 2.94 bits per heavy atom. The zero-order chi connectivity index (χ0) is 12.5. The summed E-state index contributed by atoms with van der Waals surface area (Å²) in [5.74, 6) is 0.116. The molecule has 2 unspecified atom stereocenters. The SMILES string of the molecule is NC1CCC(Nc2ccc3c(c2)CCC(=O)N3)C1. The van der Waals surface area contributed by atoms with E-state index in [-0.39, 0.29) is 5.91 Å². The molecular weight excluding hydrogens is 226 g/mol. The second-order valence-corrected chi connectivity index (χ2v) is 5.33. The number of carbonyl (C=O) groups excluding carboxylic acids is 1. The maximum atomic E-state index is 11.3. The minimum absolute atomic E-state index is 0.116. The summed E-state index contributed by atoms with van der Waals surface area (Å²) in [6.45, 7) is 0. The summed E-state index contributed by atoms with van der Waals surface area (Å²) in [4.78, 5) is 11.3. The van der Waals surface area contributed by atoms with Crippen LogP contribution in [0.5, 0.6) is 0 Å². The van der Waals surface area contributed by atoms with Crippen LogP contribution in [-0.2, 0) is 11.2 Å². The predicted molar refractivity (Wildman–Crippen MR) is 72.6 cm³/mol. The number of carbonyl (C=O) groups is 1. The number of amides is 1. The highest BCUT2D eigenvalue weighted by Crippen LogP contribution is 2.28. The van der Waals surface area contributed by atoms with Crippen molar-refractivity contribution in [3.8, 4) is 0 Å². The van der Waals surface area contributed by atoms with Gasteiger partial charge in [0.25, 0.3) is 0 Å². The summed E-state index contributed by atoms with van der Waals surface area (Å²) in [6.07, 6.45) is 4.73. The van der Waals surface area contributed by atoms with Crippen molar-refractivity contribution in [1.29, 1.82) is 0 Å². The molecule has 1 saturated carbocycles. The lowest BCUT2D eigenvalue weighted by Gasteiger charge is -2.20. The van der Waals surface area contributed by atoms with Crippen molar-refractivity contribution in [2.24, 2.45) is 5.73 Å². The van der Waals surface area contributed by atoms with E-state index in [0.717, 1.165) is 37.1 Å². The van der Waals surface area contributed by atoms with E-state index in [0.29, 0.717) is 18.5 Å². The average Bonchev–Trinajstić information content (AvgIpc) is 2.75. The molecule has 4 N–H and O–H groups in total. The summed E-state index contributed by atoms with van der Waals surface area (Å²) < 4.78 is 0. The van der Waals surface area contributed by atoms with Crippen molar-refractivity contribution in [1.82, 2.24) is 0 Å². The Labute approximate surface area is 107 Å². The number of benzene rings is 1. The molecule has 1 amide bonds. The van der Waals surface area contributed by atoms with E-state index in [1.807, 2.05) is 12.1 Å². The van der Waals surface area contributed by atoms with Crippen LogP contribution < -0.4 is 16.4 Å². The molecule has 4 heteroatoms. The fourth-order valence-electron chi connectivity index (χ4n) is 2.86. The summed E-state index contributed by atoms with van der Waals surface area (Å²) in [7, 11) is 0. The van der Waals surface area contributed by atoms with E-state index in [1.165, 1.54) is 5.56 Å². The number of fused-ring (bicyclic) bond motifs is 1. The minimum Gasteiger partial charge on any atom is -0.382 e. The van der Waals surface area contributed by atoms with Crippen LogP contribution in [0, 0.1) is 0 Å². The van der Waals surface area contributed by atoms with Gasteiger partial charge in [0.15, 0.2) is 0 Å². The molecule has 1 fully saturated rings. The minimum atomic E-state index is 0.116. The molecule has 0 spiro atoms. The summed E-state index contributed by atoms with van der Waals surface area (Å²) >= 11 is 0. The average molecular weight is 245 g/mol. The van der Waals surface area contributed by atoms with Crippen molar-refractivity contribution in [2.45, 2.75) is 44.2 Å². The highest BCUT2D eigenvalue weighted by Gasteiger charge is 2.22. The first-order chi connectivity index (χ1) is 8.70. The van der Waals surface area contributed by atoms with Crippen molar-refractivity contribution in [3.63, 3.8) is 0 Å². The van der Waals surface area contributed by atoms with Crippen LogP contribution in [0.3, 0.4) is 0 Å². The van der Waals surface area contributed by atoms with Gasteiger partial charge in [-0.3, -0.25) is 4.79 Å². The van der Waals surface area contributed by atoms with E-state index in [1.54, 1.807) is 0 Å². The monoisotopic (exact) mass is 245 g/mol. The molecule has 0 bridgehead atoms.